The average molecular weight is 543 g/mol. The summed E-state index contributed by atoms with van der Waals surface area (Å²) in [5.74, 6) is -6.10. The largest absolute Gasteiger partial charge is 0.480 e. The topological polar surface area (TPSA) is 217 Å². The fraction of sp³-hybridized carbons (Fsp3) is 0.522. The van der Waals surface area contributed by atoms with Crippen LogP contribution in [-0.2, 0) is 35.3 Å². The van der Waals surface area contributed by atoms with Crippen LogP contribution in [0.15, 0.2) is 30.3 Å². The second kappa shape index (κ2) is 17.8. The number of benzene rings is 1. The number of hydrazine groups is 1. The summed E-state index contributed by atoms with van der Waals surface area (Å²) in [5, 5.41) is 47.2. The van der Waals surface area contributed by atoms with Crippen LogP contribution in [0.3, 0.4) is 0 Å². The SMILES string of the molecule is O=C(O)CN(CCCN(NCCN(CC(=O)O)CC(=O)O)[C@H](COCc1ccccc1)C(=O)O)CC(=O)O. The molecule has 1 aromatic carbocycles. The summed E-state index contributed by atoms with van der Waals surface area (Å²) in [6, 6.07) is 7.85. The van der Waals surface area contributed by atoms with Gasteiger partial charge in [0.1, 0.15) is 6.04 Å². The molecule has 38 heavy (non-hydrogen) atoms. The third kappa shape index (κ3) is 14.8. The molecule has 0 saturated carbocycles. The summed E-state index contributed by atoms with van der Waals surface area (Å²) < 4.78 is 5.60. The highest BCUT2D eigenvalue weighted by Gasteiger charge is 2.26. The summed E-state index contributed by atoms with van der Waals surface area (Å²) >= 11 is 0. The van der Waals surface area contributed by atoms with Gasteiger partial charge in [0.15, 0.2) is 0 Å². The van der Waals surface area contributed by atoms with E-state index in [9.17, 15) is 29.1 Å². The number of ether oxygens (including phenoxy) is 1. The van der Waals surface area contributed by atoms with Gasteiger partial charge < -0.3 is 30.3 Å². The first-order valence-corrected chi connectivity index (χ1v) is 11.6. The van der Waals surface area contributed by atoms with E-state index in [1.54, 1.807) is 12.1 Å². The summed E-state index contributed by atoms with van der Waals surface area (Å²) in [6.45, 7) is -2.13. The maximum absolute atomic E-state index is 12.1. The molecule has 0 radical (unpaired) electrons. The summed E-state index contributed by atoms with van der Waals surface area (Å²) in [6.07, 6.45) is 0.185. The van der Waals surface area contributed by atoms with Crippen molar-refractivity contribution in [2.45, 2.75) is 19.1 Å². The fourth-order valence-corrected chi connectivity index (χ4v) is 3.51. The standard InChI is InChI=1S/C23H34N4O11/c28-19(29)11-25(12-20(30)31)8-4-9-27(24-7-10-26(13-21(32)33)14-22(34)35)18(23(36)37)16-38-15-17-5-2-1-3-6-17/h1-3,5-6,18,24H,4,7-16H2,(H,28,29)(H,30,31)(H,32,33)(H,34,35)(H,36,37)/t18-/m1/s1. The Bertz CT molecular complexity index is 842. The van der Waals surface area contributed by atoms with Crippen LogP contribution in [0.5, 0.6) is 0 Å². The monoisotopic (exact) mass is 542 g/mol. The van der Waals surface area contributed by atoms with Gasteiger partial charge in [0, 0.05) is 26.2 Å². The van der Waals surface area contributed by atoms with Crippen molar-refractivity contribution >= 4 is 29.8 Å². The third-order valence-corrected chi connectivity index (χ3v) is 5.10. The average Bonchev–Trinajstić information content (AvgIpc) is 2.80. The number of hydrogen-bond donors (Lipinski definition) is 6. The first-order chi connectivity index (χ1) is 18.0. The number of aliphatic carboxylic acids is 5. The minimum atomic E-state index is -1.23. The molecular formula is C23H34N4O11. The molecule has 0 aliphatic rings. The summed E-state index contributed by atoms with van der Waals surface area (Å²) in [5.41, 5.74) is 3.70. The Morgan fingerprint density at radius 1 is 0.737 bits per heavy atom. The third-order valence-electron chi connectivity index (χ3n) is 5.10. The number of nitrogens with zero attached hydrogens (tertiary/aromatic N) is 3. The molecule has 0 fully saturated rings. The van der Waals surface area contributed by atoms with Crippen molar-refractivity contribution in [1.82, 2.24) is 20.2 Å². The van der Waals surface area contributed by atoms with E-state index in [0.29, 0.717) is 0 Å². The van der Waals surface area contributed by atoms with Crippen LogP contribution in [0.1, 0.15) is 12.0 Å². The molecule has 15 nitrogen and oxygen atoms in total. The van der Waals surface area contributed by atoms with Crippen molar-refractivity contribution in [2.75, 3.05) is 59.0 Å². The van der Waals surface area contributed by atoms with Crippen molar-refractivity contribution in [3.63, 3.8) is 0 Å². The lowest BCUT2D eigenvalue weighted by molar-refractivity contribution is -0.148. The molecule has 15 heteroatoms. The molecular weight excluding hydrogens is 508 g/mol. The zero-order chi connectivity index (χ0) is 28.5. The second-order valence-corrected chi connectivity index (χ2v) is 8.31. The number of carbonyl (C=O) groups is 5. The Morgan fingerprint density at radius 3 is 1.71 bits per heavy atom. The number of carboxylic acid groups (broad SMARTS) is 5. The van der Waals surface area contributed by atoms with E-state index in [0.717, 1.165) is 10.5 Å². The zero-order valence-electron chi connectivity index (χ0n) is 20.8. The lowest BCUT2D eigenvalue weighted by Crippen LogP contribution is -2.54. The van der Waals surface area contributed by atoms with E-state index in [1.807, 2.05) is 18.2 Å². The van der Waals surface area contributed by atoms with Crippen LogP contribution in [0, 0.1) is 0 Å². The number of nitrogens with one attached hydrogen (secondary N) is 1. The fourth-order valence-electron chi connectivity index (χ4n) is 3.51. The van der Waals surface area contributed by atoms with E-state index < -0.39 is 62.1 Å². The van der Waals surface area contributed by atoms with Crippen LogP contribution in [-0.4, -0.2) is 135 Å². The van der Waals surface area contributed by atoms with Crippen molar-refractivity contribution in [2.24, 2.45) is 0 Å². The van der Waals surface area contributed by atoms with Gasteiger partial charge in [-0.25, -0.2) is 5.01 Å². The van der Waals surface area contributed by atoms with Crippen molar-refractivity contribution < 1.29 is 54.2 Å². The number of hydrogen-bond acceptors (Lipinski definition) is 10. The van der Waals surface area contributed by atoms with Crippen molar-refractivity contribution in [3.05, 3.63) is 35.9 Å². The molecule has 6 N–H and O–H groups in total. The first-order valence-electron chi connectivity index (χ1n) is 11.6. The molecule has 0 unspecified atom stereocenters. The highest BCUT2D eigenvalue weighted by Crippen LogP contribution is 2.06. The Balaban J connectivity index is 2.89. The van der Waals surface area contributed by atoms with Crippen LogP contribution in [0.25, 0.3) is 0 Å². The highest BCUT2D eigenvalue weighted by molar-refractivity contribution is 5.74. The first kappa shape index (κ1) is 32.4. The van der Waals surface area contributed by atoms with Crippen molar-refractivity contribution in [1.29, 1.82) is 0 Å². The normalized spacial score (nSPS) is 12.1. The van der Waals surface area contributed by atoms with Gasteiger partial charge in [-0.2, -0.15) is 0 Å². The van der Waals surface area contributed by atoms with Crippen LogP contribution in [0.4, 0.5) is 0 Å². The molecule has 1 rings (SSSR count). The highest BCUT2D eigenvalue weighted by atomic mass is 16.5. The molecule has 0 heterocycles. The van der Waals surface area contributed by atoms with Gasteiger partial charge in [-0.3, -0.25) is 39.2 Å². The van der Waals surface area contributed by atoms with Crippen LogP contribution < -0.4 is 5.43 Å². The van der Waals surface area contributed by atoms with Gasteiger partial charge in [0.05, 0.1) is 39.4 Å². The molecule has 0 saturated heterocycles. The maximum atomic E-state index is 12.1. The Kier molecular flexibility index (Phi) is 15.1. The molecule has 0 aliphatic heterocycles. The van der Waals surface area contributed by atoms with Crippen molar-refractivity contribution in [3.8, 4) is 0 Å². The summed E-state index contributed by atoms with van der Waals surface area (Å²) in [4.78, 5) is 58.5. The van der Waals surface area contributed by atoms with Gasteiger partial charge in [-0.1, -0.05) is 30.3 Å². The van der Waals surface area contributed by atoms with Gasteiger partial charge in [0.2, 0.25) is 0 Å². The van der Waals surface area contributed by atoms with E-state index in [1.165, 1.54) is 9.91 Å². The van der Waals surface area contributed by atoms with Gasteiger partial charge in [-0.15, -0.1) is 0 Å². The molecule has 1 atom stereocenters. The van der Waals surface area contributed by atoms with E-state index in [2.05, 4.69) is 5.43 Å². The van der Waals surface area contributed by atoms with Gasteiger partial charge in [0.25, 0.3) is 0 Å². The van der Waals surface area contributed by atoms with Gasteiger partial charge in [-0.05, 0) is 12.0 Å². The Morgan fingerprint density at radius 2 is 1.24 bits per heavy atom. The quantitative estimate of drug-likeness (QED) is 0.0948. The van der Waals surface area contributed by atoms with Crippen LogP contribution in [0.2, 0.25) is 0 Å². The molecule has 0 spiro atoms. The summed E-state index contributed by atoms with van der Waals surface area (Å²) in [7, 11) is 0. The Hall–Kier alpha value is -3.63. The molecule has 0 aromatic heterocycles. The maximum Gasteiger partial charge on any atom is 0.324 e. The van der Waals surface area contributed by atoms with E-state index in [-0.39, 0.29) is 45.8 Å². The minimum Gasteiger partial charge on any atom is -0.480 e. The van der Waals surface area contributed by atoms with Crippen LogP contribution >= 0.6 is 0 Å². The Labute approximate surface area is 218 Å². The second-order valence-electron chi connectivity index (χ2n) is 8.31. The molecule has 1 aromatic rings. The molecule has 0 amide bonds. The lowest BCUT2D eigenvalue weighted by atomic mass is 10.2. The number of rotatable bonds is 22. The zero-order valence-corrected chi connectivity index (χ0v) is 20.8. The van der Waals surface area contributed by atoms with E-state index >= 15 is 0 Å². The number of carboxylic acids is 5. The van der Waals surface area contributed by atoms with Gasteiger partial charge >= 0.3 is 29.8 Å². The lowest BCUT2D eigenvalue weighted by Gasteiger charge is -2.31. The van der Waals surface area contributed by atoms with E-state index in [4.69, 9.17) is 25.2 Å². The molecule has 212 valence electrons. The smallest absolute Gasteiger partial charge is 0.324 e. The predicted molar refractivity (Wildman–Crippen MR) is 130 cm³/mol. The molecule has 0 bridgehead atoms. The minimum absolute atomic E-state index is 0.00298. The predicted octanol–water partition coefficient (Wildman–Crippen LogP) is -1.20. The molecule has 0 aliphatic carbocycles.